The van der Waals surface area contributed by atoms with Gasteiger partial charge in [0.2, 0.25) is 0 Å². The Morgan fingerprint density at radius 3 is 2.82 bits per heavy atom. The van der Waals surface area contributed by atoms with Gasteiger partial charge in [-0.1, -0.05) is 45.0 Å². The van der Waals surface area contributed by atoms with E-state index in [-0.39, 0.29) is 0 Å². The molecule has 17 heavy (non-hydrogen) atoms. The second-order valence-electron chi connectivity index (χ2n) is 6.30. The van der Waals surface area contributed by atoms with Gasteiger partial charge in [0.15, 0.2) is 0 Å². The van der Waals surface area contributed by atoms with Gasteiger partial charge in [-0.3, -0.25) is 0 Å². The molecule has 0 aromatic heterocycles. The van der Waals surface area contributed by atoms with Gasteiger partial charge in [-0.15, -0.1) is 0 Å². The van der Waals surface area contributed by atoms with Crippen LogP contribution in [-0.2, 0) is 6.42 Å². The summed E-state index contributed by atoms with van der Waals surface area (Å²) in [6.07, 6.45) is 2.52. The van der Waals surface area contributed by atoms with E-state index in [0.717, 1.165) is 18.4 Å². The summed E-state index contributed by atoms with van der Waals surface area (Å²) in [5, 5.41) is 3.77. The molecule has 0 aliphatic heterocycles. The molecule has 1 heteroatoms. The maximum Gasteiger partial charge on any atom is 0.0162 e. The Labute approximate surface area is 105 Å². The molecule has 3 rings (SSSR count). The van der Waals surface area contributed by atoms with Crippen LogP contribution in [-0.4, -0.2) is 12.6 Å². The largest absolute Gasteiger partial charge is 0.313 e. The van der Waals surface area contributed by atoms with Gasteiger partial charge < -0.3 is 5.32 Å². The van der Waals surface area contributed by atoms with Crippen LogP contribution in [0.3, 0.4) is 0 Å². The highest BCUT2D eigenvalue weighted by atomic mass is 15.0. The number of hydrogen-bond acceptors (Lipinski definition) is 1. The van der Waals surface area contributed by atoms with Crippen molar-refractivity contribution in [3.63, 3.8) is 0 Å². The smallest absolute Gasteiger partial charge is 0.0162 e. The zero-order chi connectivity index (χ0) is 12.0. The topological polar surface area (TPSA) is 12.0 Å². The Bertz CT molecular complexity index is 421. The van der Waals surface area contributed by atoms with Crippen LogP contribution in [0.25, 0.3) is 0 Å². The molecule has 1 aromatic carbocycles. The summed E-state index contributed by atoms with van der Waals surface area (Å²) in [6.45, 7) is 8.28. The van der Waals surface area contributed by atoms with Crippen LogP contribution in [0.2, 0.25) is 0 Å². The summed E-state index contributed by atoms with van der Waals surface area (Å²) in [7, 11) is 0. The Morgan fingerprint density at radius 1 is 1.29 bits per heavy atom. The molecule has 3 unspecified atom stereocenters. The number of rotatable bonds is 3. The predicted molar refractivity (Wildman–Crippen MR) is 72.2 cm³/mol. The van der Waals surface area contributed by atoms with Crippen molar-refractivity contribution in [2.45, 2.75) is 45.6 Å². The van der Waals surface area contributed by atoms with Gasteiger partial charge in [0.1, 0.15) is 0 Å². The first-order valence-electron chi connectivity index (χ1n) is 6.97. The van der Waals surface area contributed by atoms with Crippen LogP contribution in [0.1, 0.15) is 44.2 Å². The lowest BCUT2D eigenvalue weighted by Crippen LogP contribution is -2.61. The third-order valence-corrected chi connectivity index (χ3v) is 4.92. The summed E-state index contributed by atoms with van der Waals surface area (Å²) in [5.74, 6) is 1.63. The van der Waals surface area contributed by atoms with Crippen molar-refractivity contribution < 1.29 is 0 Å². The van der Waals surface area contributed by atoms with E-state index >= 15 is 0 Å². The number of benzene rings is 1. The second kappa shape index (κ2) is 3.84. The normalized spacial score (nSPS) is 32.8. The number of fused-ring (bicyclic) bond motifs is 3. The van der Waals surface area contributed by atoms with E-state index < -0.39 is 0 Å². The standard InChI is InChI=1S/C16H23N/c1-4-9-17-15-13-10-11-7-5-6-8-12(11)14(13)16(15,2)3/h5-8,13-15,17H,4,9-10H2,1-3H3. The lowest BCUT2D eigenvalue weighted by atomic mass is 9.52. The minimum absolute atomic E-state index is 0.423. The van der Waals surface area contributed by atoms with E-state index in [0.29, 0.717) is 11.5 Å². The van der Waals surface area contributed by atoms with Crippen LogP contribution < -0.4 is 5.32 Å². The molecule has 3 atom stereocenters. The molecule has 2 aliphatic rings. The molecule has 2 aliphatic carbocycles. The SMILES string of the molecule is CCCNC1C2Cc3ccccc3C2C1(C)C. The van der Waals surface area contributed by atoms with Crippen LogP contribution in [0, 0.1) is 11.3 Å². The maximum absolute atomic E-state index is 3.77. The number of nitrogens with one attached hydrogen (secondary N) is 1. The molecule has 1 N–H and O–H groups in total. The first-order chi connectivity index (χ1) is 8.16. The van der Waals surface area contributed by atoms with Crippen LogP contribution >= 0.6 is 0 Å². The molecule has 0 radical (unpaired) electrons. The van der Waals surface area contributed by atoms with Gasteiger partial charge in [0.05, 0.1) is 0 Å². The molecular weight excluding hydrogens is 206 g/mol. The van der Waals surface area contributed by atoms with Gasteiger partial charge >= 0.3 is 0 Å². The molecule has 1 fully saturated rings. The van der Waals surface area contributed by atoms with Gasteiger partial charge in [-0.2, -0.15) is 0 Å². The third-order valence-electron chi connectivity index (χ3n) is 4.92. The zero-order valence-electron chi connectivity index (χ0n) is 11.2. The van der Waals surface area contributed by atoms with Crippen molar-refractivity contribution >= 4 is 0 Å². The van der Waals surface area contributed by atoms with E-state index in [2.05, 4.69) is 50.4 Å². The average molecular weight is 229 g/mol. The zero-order valence-corrected chi connectivity index (χ0v) is 11.2. The Hall–Kier alpha value is -0.820. The fourth-order valence-electron chi connectivity index (χ4n) is 4.23. The van der Waals surface area contributed by atoms with Crippen LogP contribution in [0.4, 0.5) is 0 Å². The van der Waals surface area contributed by atoms with Crippen molar-refractivity contribution in [3.05, 3.63) is 35.4 Å². The van der Waals surface area contributed by atoms with Crippen molar-refractivity contribution in [1.82, 2.24) is 5.32 Å². The molecule has 92 valence electrons. The van der Waals surface area contributed by atoms with E-state index in [1.807, 2.05) is 0 Å². The lowest BCUT2D eigenvalue weighted by Gasteiger charge is -2.56. The molecular formula is C16H23N. The summed E-state index contributed by atoms with van der Waals surface area (Å²) in [5.41, 5.74) is 3.64. The van der Waals surface area contributed by atoms with Crippen molar-refractivity contribution in [3.8, 4) is 0 Å². The fraction of sp³-hybridized carbons (Fsp3) is 0.625. The van der Waals surface area contributed by atoms with Crippen LogP contribution in [0.15, 0.2) is 24.3 Å². The van der Waals surface area contributed by atoms with Gasteiger partial charge in [-0.05, 0) is 47.8 Å². The molecule has 1 saturated carbocycles. The van der Waals surface area contributed by atoms with E-state index in [9.17, 15) is 0 Å². The van der Waals surface area contributed by atoms with Gasteiger partial charge in [0, 0.05) is 6.04 Å². The third kappa shape index (κ3) is 1.48. The highest BCUT2D eigenvalue weighted by molar-refractivity contribution is 5.43. The molecule has 0 amide bonds. The van der Waals surface area contributed by atoms with Crippen molar-refractivity contribution in [1.29, 1.82) is 0 Å². The first kappa shape index (κ1) is 11.3. The monoisotopic (exact) mass is 229 g/mol. The summed E-state index contributed by atoms with van der Waals surface area (Å²) in [4.78, 5) is 0. The minimum atomic E-state index is 0.423. The van der Waals surface area contributed by atoms with Gasteiger partial charge in [0.25, 0.3) is 0 Å². The minimum Gasteiger partial charge on any atom is -0.313 e. The van der Waals surface area contributed by atoms with E-state index in [4.69, 9.17) is 0 Å². The molecule has 1 nitrogen and oxygen atoms in total. The summed E-state index contributed by atoms with van der Waals surface area (Å²) in [6, 6.07) is 9.76. The lowest BCUT2D eigenvalue weighted by molar-refractivity contribution is 0.00207. The predicted octanol–water partition coefficient (Wildman–Crippen LogP) is 3.35. The maximum atomic E-state index is 3.77. The molecule has 0 spiro atoms. The van der Waals surface area contributed by atoms with Crippen molar-refractivity contribution in [2.75, 3.05) is 6.54 Å². The molecule has 0 saturated heterocycles. The first-order valence-corrected chi connectivity index (χ1v) is 6.97. The fourth-order valence-corrected chi connectivity index (χ4v) is 4.23. The number of hydrogen-bond donors (Lipinski definition) is 1. The second-order valence-corrected chi connectivity index (χ2v) is 6.30. The quantitative estimate of drug-likeness (QED) is 0.838. The molecule has 1 aromatic rings. The summed E-state index contributed by atoms with van der Waals surface area (Å²) < 4.78 is 0. The molecule has 0 bridgehead atoms. The highest BCUT2D eigenvalue weighted by Gasteiger charge is 2.59. The Balaban J connectivity index is 1.86. The average Bonchev–Trinajstić information content (AvgIpc) is 2.65. The molecule has 0 heterocycles. The highest BCUT2D eigenvalue weighted by Crippen LogP contribution is 2.61. The van der Waals surface area contributed by atoms with E-state index in [1.54, 1.807) is 11.1 Å². The Morgan fingerprint density at radius 2 is 2.06 bits per heavy atom. The van der Waals surface area contributed by atoms with Gasteiger partial charge in [-0.25, -0.2) is 0 Å². The summed E-state index contributed by atoms with van der Waals surface area (Å²) >= 11 is 0. The van der Waals surface area contributed by atoms with Crippen LogP contribution in [0.5, 0.6) is 0 Å². The van der Waals surface area contributed by atoms with E-state index in [1.165, 1.54) is 12.8 Å². The Kier molecular flexibility index (Phi) is 2.55. The van der Waals surface area contributed by atoms with Crippen molar-refractivity contribution in [2.24, 2.45) is 11.3 Å².